The predicted octanol–water partition coefficient (Wildman–Crippen LogP) is 3.64. The summed E-state index contributed by atoms with van der Waals surface area (Å²) in [5.41, 5.74) is -5.89. The molecule has 1 atom stereocenters. The number of amides is 1. The Hall–Kier alpha value is -2.72. The van der Waals surface area contributed by atoms with Gasteiger partial charge in [0.1, 0.15) is 12.1 Å². The van der Waals surface area contributed by atoms with Crippen molar-refractivity contribution < 1.29 is 39.6 Å². The lowest BCUT2D eigenvalue weighted by molar-refractivity contribution is -0.137. The summed E-state index contributed by atoms with van der Waals surface area (Å²) in [4.78, 5) is 22.6. The van der Waals surface area contributed by atoms with E-state index in [1.807, 2.05) is 4.72 Å². The second-order valence-electron chi connectivity index (χ2n) is 10.2. The lowest BCUT2D eigenvalue weighted by Crippen LogP contribution is -2.63. The molecule has 222 valence electrons. The number of rotatable bonds is 9. The van der Waals surface area contributed by atoms with E-state index in [1.54, 1.807) is 6.92 Å². The van der Waals surface area contributed by atoms with Crippen molar-refractivity contribution in [2.45, 2.75) is 68.8 Å². The number of alkyl halides is 6. The van der Waals surface area contributed by atoms with Crippen molar-refractivity contribution in [2.75, 3.05) is 25.0 Å². The second-order valence-corrected chi connectivity index (χ2v) is 11.9. The number of halogens is 6. The van der Waals surface area contributed by atoms with Gasteiger partial charge in [-0.15, -0.1) is 0 Å². The SMILES string of the molecule is CC[C@H](NS(=O)(=O)C(F)(F)F)[C@H]1CC[C@H](N2CC(NC(=O)CNc3ncnc4ccc(C(F)(F)F)cc34)C2)CC1. The van der Waals surface area contributed by atoms with E-state index in [-0.39, 0.29) is 48.1 Å². The maximum absolute atomic E-state index is 13.1. The third-order valence-electron chi connectivity index (χ3n) is 7.53. The molecule has 2 fully saturated rings. The van der Waals surface area contributed by atoms with Crippen LogP contribution in [-0.4, -0.2) is 72.5 Å². The van der Waals surface area contributed by atoms with E-state index in [2.05, 4.69) is 25.5 Å². The highest BCUT2D eigenvalue weighted by molar-refractivity contribution is 7.90. The summed E-state index contributed by atoms with van der Waals surface area (Å²) in [6.07, 6.45) is -0.493. The average Bonchev–Trinajstić information content (AvgIpc) is 2.86. The number of nitrogens with one attached hydrogen (secondary N) is 3. The zero-order valence-corrected chi connectivity index (χ0v) is 22.3. The van der Waals surface area contributed by atoms with E-state index in [0.29, 0.717) is 44.3 Å². The van der Waals surface area contributed by atoms with Gasteiger partial charge in [-0.05, 0) is 56.2 Å². The van der Waals surface area contributed by atoms with Crippen molar-refractivity contribution in [1.82, 2.24) is 24.9 Å². The van der Waals surface area contributed by atoms with Crippen molar-refractivity contribution in [3.8, 4) is 0 Å². The fraction of sp³-hybridized carbons (Fsp3) is 0.625. The quantitative estimate of drug-likeness (QED) is 0.379. The highest BCUT2D eigenvalue weighted by Crippen LogP contribution is 2.34. The molecule has 1 aromatic heterocycles. The first-order valence-electron chi connectivity index (χ1n) is 12.9. The molecule has 0 radical (unpaired) electrons. The van der Waals surface area contributed by atoms with Gasteiger partial charge in [0, 0.05) is 30.6 Å². The van der Waals surface area contributed by atoms with E-state index >= 15 is 0 Å². The van der Waals surface area contributed by atoms with Crippen LogP contribution in [0, 0.1) is 5.92 Å². The second kappa shape index (κ2) is 11.6. The first-order chi connectivity index (χ1) is 18.7. The van der Waals surface area contributed by atoms with Gasteiger partial charge in [0.15, 0.2) is 0 Å². The van der Waals surface area contributed by atoms with Gasteiger partial charge in [0.2, 0.25) is 5.91 Å². The number of sulfonamides is 1. The highest BCUT2D eigenvalue weighted by Gasteiger charge is 2.47. The number of hydrogen-bond donors (Lipinski definition) is 3. The number of hydrogen-bond acceptors (Lipinski definition) is 7. The Morgan fingerprint density at radius 1 is 1.07 bits per heavy atom. The van der Waals surface area contributed by atoms with Gasteiger partial charge in [-0.2, -0.15) is 26.3 Å². The van der Waals surface area contributed by atoms with Crippen molar-refractivity contribution >= 4 is 32.7 Å². The lowest BCUT2D eigenvalue weighted by atomic mass is 9.79. The number of nitrogens with zero attached hydrogens (tertiary/aromatic N) is 3. The van der Waals surface area contributed by atoms with Crippen LogP contribution in [0.5, 0.6) is 0 Å². The number of likely N-dealkylation sites (tertiary alicyclic amines) is 1. The predicted molar refractivity (Wildman–Crippen MR) is 134 cm³/mol. The molecule has 0 bridgehead atoms. The summed E-state index contributed by atoms with van der Waals surface area (Å²) in [5, 5.41) is 5.79. The fourth-order valence-corrected chi connectivity index (χ4v) is 6.26. The molecule has 2 heterocycles. The number of benzene rings is 1. The summed E-state index contributed by atoms with van der Waals surface area (Å²) in [6, 6.07) is 2.39. The first kappa shape index (κ1) is 30.2. The van der Waals surface area contributed by atoms with Gasteiger partial charge in [0.05, 0.1) is 23.7 Å². The topological polar surface area (TPSA) is 116 Å². The standard InChI is InChI=1S/C24H30F6N6O3S/c1-2-19(35-40(38,39)24(28,29)30)14-3-6-17(7-4-14)36-11-16(12-36)34-21(37)10-31-22-18-9-15(23(25,26)27)5-8-20(18)32-13-33-22/h5,8-9,13-14,16-17,19,35H,2-4,6-7,10-12H2,1H3,(H,34,37)(H,31,32,33)/t14-,17-,19-/m0/s1. The minimum atomic E-state index is -5.40. The highest BCUT2D eigenvalue weighted by atomic mass is 32.2. The van der Waals surface area contributed by atoms with Crippen LogP contribution in [-0.2, 0) is 21.0 Å². The zero-order valence-electron chi connectivity index (χ0n) is 21.5. The Morgan fingerprint density at radius 2 is 1.75 bits per heavy atom. The van der Waals surface area contributed by atoms with Crippen molar-refractivity contribution in [1.29, 1.82) is 0 Å². The number of anilines is 1. The minimum absolute atomic E-state index is 0.112. The van der Waals surface area contributed by atoms with Gasteiger partial charge in [-0.1, -0.05) is 6.92 Å². The third-order valence-corrected chi connectivity index (χ3v) is 8.75. The molecule has 1 aromatic carbocycles. The molecule has 0 spiro atoms. The molecular formula is C24H30F6N6O3S. The molecule has 1 saturated carbocycles. The number of carbonyl (C=O) groups is 1. The van der Waals surface area contributed by atoms with E-state index in [0.717, 1.165) is 12.1 Å². The van der Waals surface area contributed by atoms with Crippen LogP contribution in [0.1, 0.15) is 44.6 Å². The minimum Gasteiger partial charge on any atom is -0.360 e. The summed E-state index contributed by atoms with van der Waals surface area (Å²) < 4.78 is 102. The van der Waals surface area contributed by atoms with Crippen LogP contribution >= 0.6 is 0 Å². The molecule has 4 rings (SSSR count). The van der Waals surface area contributed by atoms with Crippen molar-refractivity contribution in [3.63, 3.8) is 0 Å². The molecule has 1 aliphatic heterocycles. The van der Waals surface area contributed by atoms with Crippen molar-refractivity contribution in [2.24, 2.45) is 5.92 Å². The number of fused-ring (bicyclic) bond motifs is 1. The molecule has 1 amide bonds. The van der Waals surface area contributed by atoms with Gasteiger partial charge >= 0.3 is 21.7 Å². The molecule has 16 heteroatoms. The Bertz CT molecular complexity index is 1310. The number of carbonyl (C=O) groups excluding carboxylic acids is 1. The largest absolute Gasteiger partial charge is 0.511 e. The first-order valence-corrected chi connectivity index (χ1v) is 14.3. The van der Waals surface area contributed by atoms with Gasteiger partial charge in [0.25, 0.3) is 0 Å². The fourth-order valence-electron chi connectivity index (χ4n) is 5.37. The van der Waals surface area contributed by atoms with Crippen LogP contribution in [0.3, 0.4) is 0 Å². The van der Waals surface area contributed by atoms with E-state index < -0.39 is 33.3 Å². The maximum Gasteiger partial charge on any atom is 0.511 e. The summed E-state index contributed by atoms with van der Waals surface area (Å²) in [5.74, 6) is -0.428. The summed E-state index contributed by atoms with van der Waals surface area (Å²) >= 11 is 0. The summed E-state index contributed by atoms with van der Waals surface area (Å²) in [6.45, 7) is 2.63. The molecule has 3 N–H and O–H groups in total. The van der Waals surface area contributed by atoms with Crippen LogP contribution in [0.15, 0.2) is 24.5 Å². The molecule has 2 aliphatic rings. The van der Waals surface area contributed by atoms with Crippen LogP contribution in [0.2, 0.25) is 0 Å². The Balaban J connectivity index is 1.22. The van der Waals surface area contributed by atoms with Crippen LogP contribution < -0.4 is 15.4 Å². The van der Waals surface area contributed by atoms with E-state index in [1.165, 1.54) is 12.4 Å². The third kappa shape index (κ3) is 6.94. The normalized spacial score (nSPS) is 22.1. The zero-order chi connectivity index (χ0) is 29.3. The van der Waals surface area contributed by atoms with Crippen LogP contribution in [0.4, 0.5) is 32.2 Å². The Morgan fingerprint density at radius 3 is 2.35 bits per heavy atom. The molecule has 9 nitrogen and oxygen atoms in total. The molecular weight excluding hydrogens is 566 g/mol. The summed E-state index contributed by atoms with van der Waals surface area (Å²) in [7, 11) is -5.40. The van der Waals surface area contributed by atoms with Crippen molar-refractivity contribution in [3.05, 3.63) is 30.1 Å². The Labute approximate surface area is 227 Å². The van der Waals surface area contributed by atoms with Gasteiger partial charge < -0.3 is 10.6 Å². The van der Waals surface area contributed by atoms with Gasteiger partial charge in [-0.3, -0.25) is 9.69 Å². The molecule has 0 unspecified atom stereocenters. The average molecular weight is 597 g/mol. The molecule has 2 aromatic rings. The van der Waals surface area contributed by atoms with E-state index in [9.17, 15) is 39.6 Å². The molecule has 1 aliphatic carbocycles. The monoisotopic (exact) mass is 596 g/mol. The van der Waals surface area contributed by atoms with Gasteiger partial charge in [-0.25, -0.2) is 23.1 Å². The number of aromatic nitrogens is 2. The molecule has 40 heavy (non-hydrogen) atoms. The maximum atomic E-state index is 13.1. The smallest absolute Gasteiger partial charge is 0.360 e. The Kier molecular flexibility index (Phi) is 8.80. The van der Waals surface area contributed by atoms with E-state index in [4.69, 9.17) is 0 Å². The lowest BCUT2D eigenvalue weighted by Gasteiger charge is -2.47. The molecule has 1 saturated heterocycles. The van der Waals surface area contributed by atoms with Crippen LogP contribution in [0.25, 0.3) is 10.9 Å².